The normalized spacial score (nSPS) is 29.5. The maximum atomic E-state index is 10.6. The monoisotopic (exact) mass is 254 g/mol. The molecule has 1 aromatic rings. The molecule has 0 amide bonds. The number of aryl methyl sites for hydroxylation is 1. The summed E-state index contributed by atoms with van der Waals surface area (Å²) in [4.78, 5) is 2.71. The van der Waals surface area contributed by atoms with E-state index in [1.165, 1.54) is 9.75 Å². The fourth-order valence-electron chi connectivity index (χ4n) is 2.68. The molecule has 0 spiro atoms. The lowest BCUT2D eigenvalue weighted by atomic mass is 9.80. The van der Waals surface area contributed by atoms with Crippen molar-refractivity contribution in [3.8, 4) is 0 Å². The fourth-order valence-corrected chi connectivity index (χ4v) is 3.77. The van der Waals surface area contributed by atoms with Gasteiger partial charge in [-0.05, 0) is 37.8 Å². The van der Waals surface area contributed by atoms with Gasteiger partial charge in [0.2, 0.25) is 0 Å². The Morgan fingerprint density at radius 1 is 1.47 bits per heavy atom. The van der Waals surface area contributed by atoms with E-state index < -0.39 is 5.60 Å². The van der Waals surface area contributed by atoms with Crippen LogP contribution in [0.4, 0.5) is 0 Å². The summed E-state index contributed by atoms with van der Waals surface area (Å²) in [7, 11) is 1.75. The number of hydrogen-bond donors (Lipinski definition) is 1. The van der Waals surface area contributed by atoms with E-state index in [2.05, 4.69) is 19.1 Å². The highest BCUT2D eigenvalue weighted by Crippen LogP contribution is 2.34. The van der Waals surface area contributed by atoms with E-state index in [1.54, 1.807) is 7.11 Å². The maximum absolute atomic E-state index is 10.6. The highest BCUT2D eigenvalue weighted by molar-refractivity contribution is 7.12. The Morgan fingerprint density at radius 3 is 2.88 bits per heavy atom. The molecule has 1 aromatic heterocycles. The van der Waals surface area contributed by atoms with Gasteiger partial charge in [-0.1, -0.05) is 6.92 Å². The number of ether oxygens (including phenoxy) is 1. The van der Waals surface area contributed by atoms with E-state index in [1.807, 2.05) is 11.3 Å². The minimum Gasteiger partial charge on any atom is -0.389 e. The molecule has 0 bridgehead atoms. The molecule has 1 saturated carbocycles. The molecule has 0 aliphatic heterocycles. The number of hydrogen-bond acceptors (Lipinski definition) is 3. The van der Waals surface area contributed by atoms with E-state index >= 15 is 0 Å². The van der Waals surface area contributed by atoms with Crippen molar-refractivity contribution < 1.29 is 9.84 Å². The zero-order chi connectivity index (χ0) is 12.3. The molecule has 0 aromatic carbocycles. The Morgan fingerprint density at radius 2 is 2.24 bits per heavy atom. The summed E-state index contributed by atoms with van der Waals surface area (Å²) in [5, 5.41) is 10.6. The Hall–Kier alpha value is -0.380. The third kappa shape index (κ3) is 3.30. The molecule has 2 rings (SSSR count). The van der Waals surface area contributed by atoms with Crippen molar-refractivity contribution in [2.24, 2.45) is 0 Å². The van der Waals surface area contributed by atoms with Crippen LogP contribution in [0, 0.1) is 0 Å². The molecule has 0 radical (unpaired) electrons. The zero-order valence-corrected chi connectivity index (χ0v) is 11.6. The van der Waals surface area contributed by atoms with Crippen LogP contribution >= 0.6 is 11.3 Å². The average molecular weight is 254 g/mol. The van der Waals surface area contributed by atoms with Gasteiger partial charge < -0.3 is 9.84 Å². The van der Waals surface area contributed by atoms with Crippen molar-refractivity contribution in [3.63, 3.8) is 0 Å². The number of rotatable bonds is 4. The average Bonchev–Trinajstić information content (AvgIpc) is 2.76. The summed E-state index contributed by atoms with van der Waals surface area (Å²) in [6.07, 6.45) is 5.96. The molecule has 96 valence electrons. The molecule has 1 aliphatic carbocycles. The van der Waals surface area contributed by atoms with E-state index in [4.69, 9.17) is 4.74 Å². The number of aliphatic hydroxyl groups is 1. The molecule has 1 heterocycles. The van der Waals surface area contributed by atoms with Crippen molar-refractivity contribution in [2.75, 3.05) is 7.11 Å². The van der Waals surface area contributed by atoms with E-state index in [0.717, 1.165) is 38.5 Å². The lowest BCUT2D eigenvalue weighted by Gasteiger charge is -2.36. The minimum absolute atomic E-state index is 0.236. The molecule has 2 unspecified atom stereocenters. The smallest absolute Gasteiger partial charge is 0.0720 e. The van der Waals surface area contributed by atoms with Gasteiger partial charge >= 0.3 is 0 Å². The molecular weight excluding hydrogens is 232 g/mol. The third-order valence-corrected chi connectivity index (χ3v) is 4.91. The van der Waals surface area contributed by atoms with Gasteiger partial charge in [-0.2, -0.15) is 0 Å². The summed E-state index contributed by atoms with van der Waals surface area (Å²) in [5.74, 6) is 0. The van der Waals surface area contributed by atoms with Gasteiger partial charge in [0.05, 0.1) is 11.7 Å². The Bertz CT molecular complexity index is 361. The standard InChI is InChI=1S/C14H22O2S/c1-3-12-6-7-13(17-12)10-14(15)8-4-5-11(9-14)16-2/h6-7,11,15H,3-5,8-10H2,1-2H3. The van der Waals surface area contributed by atoms with Crippen molar-refractivity contribution in [1.82, 2.24) is 0 Å². The van der Waals surface area contributed by atoms with Crippen LogP contribution in [0.5, 0.6) is 0 Å². The van der Waals surface area contributed by atoms with Gasteiger partial charge in [-0.15, -0.1) is 11.3 Å². The second kappa shape index (κ2) is 5.51. The van der Waals surface area contributed by atoms with Crippen LogP contribution < -0.4 is 0 Å². The Labute approximate surface area is 108 Å². The molecule has 2 nitrogen and oxygen atoms in total. The highest BCUT2D eigenvalue weighted by Gasteiger charge is 2.34. The predicted molar refractivity (Wildman–Crippen MR) is 71.6 cm³/mol. The Balaban J connectivity index is 2.00. The first-order chi connectivity index (χ1) is 8.15. The summed E-state index contributed by atoms with van der Waals surface area (Å²) in [6, 6.07) is 4.35. The maximum Gasteiger partial charge on any atom is 0.0720 e. The molecule has 1 fully saturated rings. The van der Waals surface area contributed by atoms with Crippen molar-refractivity contribution in [3.05, 3.63) is 21.9 Å². The molecule has 3 heteroatoms. The van der Waals surface area contributed by atoms with Crippen molar-refractivity contribution in [1.29, 1.82) is 0 Å². The van der Waals surface area contributed by atoms with Gasteiger partial charge in [-0.25, -0.2) is 0 Å². The van der Waals surface area contributed by atoms with Crippen LogP contribution in [0.25, 0.3) is 0 Å². The molecule has 1 N–H and O–H groups in total. The third-order valence-electron chi connectivity index (χ3n) is 3.68. The Kier molecular flexibility index (Phi) is 4.23. The van der Waals surface area contributed by atoms with E-state index in [-0.39, 0.29) is 6.10 Å². The molecular formula is C14H22O2S. The second-order valence-corrected chi connectivity index (χ2v) is 6.33. The van der Waals surface area contributed by atoms with Crippen LogP contribution in [0.2, 0.25) is 0 Å². The molecule has 0 saturated heterocycles. The first kappa shape index (κ1) is 13.1. The van der Waals surface area contributed by atoms with E-state index in [0.29, 0.717) is 0 Å². The summed E-state index contributed by atoms with van der Waals surface area (Å²) < 4.78 is 5.39. The second-order valence-electron chi connectivity index (χ2n) is 5.08. The van der Waals surface area contributed by atoms with Gasteiger partial charge in [0.1, 0.15) is 0 Å². The summed E-state index contributed by atoms with van der Waals surface area (Å²) in [5.41, 5.74) is -0.547. The fraction of sp³-hybridized carbons (Fsp3) is 0.714. The zero-order valence-electron chi connectivity index (χ0n) is 10.7. The largest absolute Gasteiger partial charge is 0.389 e. The van der Waals surface area contributed by atoms with E-state index in [9.17, 15) is 5.11 Å². The predicted octanol–water partition coefficient (Wildman–Crippen LogP) is 3.17. The van der Waals surface area contributed by atoms with Gasteiger partial charge in [0, 0.05) is 29.7 Å². The lowest BCUT2D eigenvalue weighted by molar-refractivity contribution is -0.0577. The quantitative estimate of drug-likeness (QED) is 0.894. The van der Waals surface area contributed by atoms with Crippen LogP contribution in [0.15, 0.2) is 12.1 Å². The van der Waals surface area contributed by atoms with Crippen molar-refractivity contribution in [2.45, 2.75) is 57.2 Å². The van der Waals surface area contributed by atoms with Crippen LogP contribution in [0.1, 0.15) is 42.4 Å². The number of methoxy groups -OCH3 is 1. The highest BCUT2D eigenvalue weighted by atomic mass is 32.1. The van der Waals surface area contributed by atoms with Crippen LogP contribution in [-0.2, 0) is 17.6 Å². The first-order valence-electron chi connectivity index (χ1n) is 6.48. The van der Waals surface area contributed by atoms with Crippen LogP contribution in [-0.4, -0.2) is 23.9 Å². The lowest BCUT2D eigenvalue weighted by Crippen LogP contribution is -2.39. The van der Waals surface area contributed by atoms with Crippen molar-refractivity contribution >= 4 is 11.3 Å². The van der Waals surface area contributed by atoms with Gasteiger partial charge in [0.15, 0.2) is 0 Å². The number of thiophene rings is 1. The van der Waals surface area contributed by atoms with Gasteiger partial charge in [-0.3, -0.25) is 0 Å². The molecule has 1 aliphatic rings. The summed E-state index contributed by atoms with van der Waals surface area (Å²) >= 11 is 1.83. The van der Waals surface area contributed by atoms with Gasteiger partial charge in [0.25, 0.3) is 0 Å². The van der Waals surface area contributed by atoms with Crippen LogP contribution in [0.3, 0.4) is 0 Å². The minimum atomic E-state index is -0.547. The SMILES string of the molecule is CCc1ccc(CC2(O)CCCC(OC)C2)s1. The molecule has 2 atom stereocenters. The topological polar surface area (TPSA) is 29.5 Å². The molecule has 17 heavy (non-hydrogen) atoms. The summed E-state index contributed by atoms with van der Waals surface area (Å²) in [6.45, 7) is 2.17. The first-order valence-corrected chi connectivity index (χ1v) is 7.29.